The first-order valence-corrected chi connectivity index (χ1v) is 8.89. The van der Waals surface area contributed by atoms with Gasteiger partial charge in [0.05, 0.1) is 11.4 Å². The number of aryl methyl sites for hydroxylation is 1. The molecule has 1 aromatic heterocycles. The number of nitrogens with two attached hydrogens (primary N) is 1. The molecule has 1 amide bonds. The van der Waals surface area contributed by atoms with Crippen molar-refractivity contribution in [1.82, 2.24) is 14.8 Å². The lowest BCUT2D eigenvalue weighted by atomic mass is 10.0. The zero-order chi connectivity index (χ0) is 19.4. The van der Waals surface area contributed by atoms with Gasteiger partial charge < -0.3 is 5.73 Å². The number of hydrogen-bond donors (Lipinski definition) is 1. The second-order valence-corrected chi connectivity index (χ2v) is 6.60. The van der Waals surface area contributed by atoms with Crippen LogP contribution in [0.25, 0.3) is 5.69 Å². The van der Waals surface area contributed by atoms with Gasteiger partial charge in [-0.1, -0.05) is 62.4 Å². The Labute approximate surface area is 158 Å². The highest BCUT2D eigenvalue weighted by Gasteiger charge is 2.20. The van der Waals surface area contributed by atoms with Gasteiger partial charge in [0.15, 0.2) is 5.82 Å². The molecule has 1 aliphatic heterocycles. The van der Waals surface area contributed by atoms with Gasteiger partial charge in [0, 0.05) is 17.0 Å². The Kier molecular flexibility index (Phi) is 5.45. The third-order valence-electron chi connectivity index (χ3n) is 4.29. The van der Waals surface area contributed by atoms with Gasteiger partial charge in [-0.2, -0.15) is 0 Å². The molecule has 4 rings (SSSR count). The van der Waals surface area contributed by atoms with Crippen LogP contribution in [0.4, 0.5) is 0 Å². The largest absolute Gasteiger partial charge is 0.369 e. The van der Waals surface area contributed by atoms with E-state index in [1.54, 1.807) is 13.8 Å². The van der Waals surface area contributed by atoms with Crippen molar-refractivity contribution in [2.75, 3.05) is 0 Å². The number of carbonyl (C=O) groups excluding carboxylic acids is 1. The number of nitrogens with zero attached hydrogens (tertiary/aromatic N) is 4. The molecule has 0 saturated carbocycles. The molecule has 0 unspecified atom stereocenters. The van der Waals surface area contributed by atoms with Crippen molar-refractivity contribution in [3.05, 3.63) is 77.4 Å². The number of fused-ring (bicyclic) bond motifs is 3. The molecule has 0 radical (unpaired) electrons. The minimum atomic E-state index is -0.241. The molecule has 0 atom stereocenters. The van der Waals surface area contributed by atoms with Crippen LogP contribution >= 0.6 is 0 Å². The van der Waals surface area contributed by atoms with Crippen molar-refractivity contribution in [1.29, 1.82) is 0 Å². The van der Waals surface area contributed by atoms with Gasteiger partial charge in [0.25, 0.3) is 0 Å². The molecular weight excluding hydrogens is 338 g/mol. The van der Waals surface area contributed by atoms with E-state index in [2.05, 4.69) is 39.0 Å². The fraction of sp³-hybridized carbons (Fsp3) is 0.238. The molecule has 3 aromatic rings. The van der Waals surface area contributed by atoms with Crippen molar-refractivity contribution in [3.63, 3.8) is 0 Å². The van der Waals surface area contributed by atoms with Gasteiger partial charge >= 0.3 is 0 Å². The molecule has 6 heteroatoms. The number of hydrogen-bond acceptors (Lipinski definition) is 4. The fourth-order valence-electron chi connectivity index (χ4n) is 2.77. The third kappa shape index (κ3) is 3.95. The topological polar surface area (TPSA) is 86.2 Å². The average molecular weight is 361 g/mol. The van der Waals surface area contributed by atoms with Crippen LogP contribution in [0.2, 0.25) is 0 Å². The highest BCUT2D eigenvalue weighted by atomic mass is 16.1. The Morgan fingerprint density at radius 3 is 2.33 bits per heavy atom. The monoisotopic (exact) mass is 361 g/mol. The van der Waals surface area contributed by atoms with E-state index in [1.807, 2.05) is 37.3 Å². The molecule has 138 valence electrons. The number of carbonyl (C=O) groups is 1. The van der Waals surface area contributed by atoms with E-state index in [0.29, 0.717) is 6.54 Å². The highest BCUT2D eigenvalue weighted by Crippen LogP contribution is 2.25. The average Bonchev–Trinajstić information content (AvgIpc) is 2.95. The first-order chi connectivity index (χ1) is 13.0. The summed E-state index contributed by atoms with van der Waals surface area (Å²) in [4.78, 5) is 14.7. The van der Waals surface area contributed by atoms with Crippen molar-refractivity contribution in [2.45, 2.75) is 27.3 Å². The molecule has 27 heavy (non-hydrogen) atoms. The second-order valence-electron chi connectivity index (χ2n) is 6.60. The third-order valence-corrected chi connectivity index (χ3v) is 4.29. The zero-order valence-electron chi connectivity index (χ0n) is 15.8. The highest BCUT2D eigenvalue weighted by molar-refractivity contribution is 6.15. The number of rotatable bonds is 2. The summed E-state index contributed by atoms with van der Waals surface area (Å²) in [5.41, 5.74) is 9.14. The van der Waals surface area contributed by atoms with E-state index in [0.717, 1.165) is 34.2 Å². The molecule has 0 aliphatic carbocycles. The second kappa shape index (κ2) is 7.95. The number of benzene rings is 2. The van der Waals surface area contributed by atoms with Crippen LogP contribution in [0.5, 0.6) is 0 Å². The summed E-state index contributed by atoms with van der Waals surface area (Å²) in [6, 6.07) is 18.6. The van der Waals surface area contributed by atoms with Crippen molar-refractivity contribution in [3.8, 4) is 5.69 Å². The molecule has 2 heterocycles. The van der Waals surface area contributed by atoms with Gasteiger partial charge in [0.1, 0.15) is 12.4 Å². The van der Waals surface area contributed by atoms with E-state index in [9.17, 15) is 4.79 Å². The minimum absolute atomic E-state index is 0.00926. The van der Waals surface area contributed by atoms with Crippen LogP contribution in [0.3, 0.4) is 0 Å². The molecule has 6 nitrogen and oxygen atoms in total. The Morgan fingerprint density at radius 2 is 1.67 bits per heavy atom. The molecule has 0 saturated heterocycles. The zero-order valence-corrected chi connectivity index (χ0v) is 15.8. The van der Waals surface area contributed by atoms with E-state index < -0.39 is 0 Å². The Balaban J connectivity index is 0.000000307. The number of primary amides is 1. The maximum atomic E-state index is 9.92. The van der Waals surface area contributed by atoms with Crippen molar-refractivity contribution in [2.24, 2.45) is 16.6 Å². The van der Waals surface area contributed by atoms with Gasteiger partial charge in [0.2, 0.25) is 5.91 Å². The van der Waals surface area contributed by atoms with Gasteiger partial charge in [-0.3, -0.25) is 14.4 Å². The van der Waals surface area contributed by atoms with Crippen LogP contribution in [0, 0.1) is 12.8 Å². The minimum Gasteiger partial charge on any atom is -0.369 e. The molecular formula is C21H23N5O. The van der Waals surface area contributed by atoms with E-state index in [4.69, 9.17) is 10.7 Å². The van der Waals surface area contributed by atoms with Crippen LogP contribution in [-0.4, -0.2) is 26.4 Å². The summed E-state index contributed by atoms with van der Waals surface area (Å²) < 4.78 is 2.09. The summed E-state index contributed by atoms with van der Waals surface area (Å²) in [6.45, 7) is 6.05. The first kappa shape index (κ1) is 18.5. The van der Waals surface area contributed by atoms with Crippen LogP contribution < -0.4 is 5.73 Å². The quantitative estimate of drug-likeness (QED) is 0.761. The lowest BCUT2D eigenvalue weighted by molar-refractivity contribution is -0.120. The summed E-state index contributed by atoms with van der Waals surface area (Å²) in [5, 5.41) is 8.43. The number of amides is 1. The lowest BCUT2D eigenvalue weighted by Crippen LogP contribution is -2.17. The molecule has 0 bridgehead atoms. The summed E-state index contributed by atoms with van der Waals surface area (Å²) in [6.07, 6.45) is 0. The first-order valence-electron chi connectivity index (χ1n) is 8.89. The number of aromatic nitrogens is 3. The normalized spacial score (nSPS) is 12.2. The molecule has 2 N–H and O–H groups in total. The molecule has 2 aromatic carbocycles. The number of aliphatic imine (C=N–C) groups is 1. The molecule has 0 fully saturated rings. The van der Waals surface area contributed by atoms with Gasteiger partial charge in [-0.05, 0) is 13.0 Å². The summed E-state index contributed by atoms with van der Waals surface area (Å²) >= 11 is 0. The maximum absolute atomic E-state index is 9.92. The van der Waals surface area contributed by atoms with Crippen LogP contribution in [-0.2, 0) is 11.3 Å². The predicted octanol–water partition coefficient (Wildman–Crippen LogP) is 3.05. The molecule has 0 spiro atoms. The van der Waals surface area contributed by atoms with Crippen LogP contribution in [0.1, 0.15) is 36.6 Å². The van der Waals surface area contributed by atoms with Crippen molar-refractivity contribution >= 4 is 11.6 Å². The predicted molar refractivity (Wildman–Crippen MR) is 106 cm³/mol. The van der Waals surface area contributed by atoms with Crippen LogP contribution in [0.15, 0.2) is 59.6 Å². The molecule has 1 aliphatic rings. The fourth-order valence-corrected chi connectivity index (χ4v) is 2.77. The summed E-state index contributed by atoms with van der Waals surface area (Å²) in [5.74, 6) is 1.52. The van der Waals surface area contributed by atoms with E-state index in [-0.39, 0.29) is 11.8 Å². The Bertz CT molecular complexity index is 973. The summed E-state index contributed by atoms with van der Waals surface area (Å²) in [7, 11) is 0. The van der Waals surface area contributed by atoms with E-state index >= 15 is 0 Å². The maximum Gasteiger partial charge on any atom is 0.219 e. The Hall–Kier alpha value is -3.28. The Morgan fingerprint density at radius 1 is 1.04 bits per heavy atom. The SMILES string of the molecule is CC(C)C(N)=O.Cc1nnc2n1-c1ccccc1C(c1ccccc1)=NC2. The van der Waals surface area contributed by atoms with Crippen molar-refractivity contribution < 1.29 is 4.79 Å². The smallest absolute Gasteiger partial charge is 0.219 e. The standard InChI is InChI=1S/C17H14N4.C4H9NO/c1-12-19-20-16-11-18-17(13-7-3-2-4-8-13)14-9-5-6-10-15(14)21(12)16;1-3(2)4(5)6/h2-10H,11H2,1H3;3H,1-2H3,(H2,5,6). The van der Waals surface area contributed by atoms with Gasteiger partial charge in [-0.15, -0.1) is 10.2 Å². The lowest BCUT2D eigenvalue weighted by Gasteiger charge is -2.12. The van der Waals surface area contributed by atoms with E-state index in [1.165, 1.54) is 0 Å². The van der Waals surface area contributed by atoms with Gasteiger partial charge in [-0.25, -0.2) is 0 Å². The number of para-hydroxylation sites is 1.